The summed E-state index contributed by atoms with van der Waals surface area (Å²) in [7, 11) is 1.87. The number of rotatable bonds is 3. The van der Waals surface area contributed by atoms with Crippen molar-refractivity contribution in [3.05, 3.63) is 46.6 Å². The fourth-order valence-corrected chi connectivity index (χ4v) is 1.97. The van der Waals surface area contributed by atoms with Crippen molar-refractivity contribution < 1.29 is 4.39 Å². The summed E-state index contributed by atoms with van der Waals surface area (Å²) >= 11 is 6.12. The lowest BCUT2D eigenvalue weighted by Gasteiger charge is -2.21. The Morgan fingerprint density at radius 1 is 1.21 bits per heavy atom. The van der Waals surface area contributed by atoms with Crippen LogP contribution in [0.1, 0.15) is 18.3 Å². The second-order valence-electron chi connectivity index (χ2n) is 4.27. The first-order valence-corrected chi connectivity index (χ1v) is 6.43. The highest BCUT2D eigenvalue weighted by molar-refractivity contribution is 6.30. The van der Waals surface area contributed by atoms with Crippen LogP contribution in [0.25, 0.3) is 0 Å². The molecule has 0 saturated heterocycles. The van der Waals surface area contributed by atoms with Gasteiger partial charge in [-0.1, -0.05) is 18.5 Å². The van der Waals surface area contributed by atoms with Crippen molar-refractivity contribution in [1.82, 2.24) is 9.97 Å². The molecule has 0 aliphatic carbocycles. The second kappa shape index (κ2) is 5.53. The third-order valence-corrected chi connectivity index (χ3v) is 3.32. The van der Waals surface area contributed by atoms with Gasteiger partial charge in [0.15, 0.2) is 0 Å². The fourth-order valence-electron chi connectivity index (χ4n) is 1.79. The van der Waals surface area contributed by atoms with Gasteiger partial charge in [0.05, 0.1) is 0 Å². The minimum absolute atomic E-state index is 0.260. The summed E-state index contributed by atoms with van der Waals surface area (Å²) in [6.45, 7) is 3.85. The van der Waals surface area contributed by atoms with Crippen LogP contribution in [0.3, 0.4) is 0 Å². The Hall–Kier alpha value is -1.68. The van der Waals surface area contributed by atoms with Gasteiger partial charge in [-0.3, -0.25) is 0 Å². The molecule has 0 bridgehead atoms. The van der Waals surface area contributed by atoms with Gasteiger partial charge in [-0.05, 0) is 31.2 Å². The van der Waals surface area contributed by atoms with Crippen molar-refractivity contribution in [2.24, 2.45) is 0 Å². The smallest absolute Gasteiger partial charge is 0.140 e. The molecule has 1 aromatic carbocycles. The molecule has 0 unspecified atom stereocenters. The van der Waals surface area contributed by atoms with E-state index in [1.54, 1.807) is 12.1 Å². The predicted molar refractivity (Wildman–Crippen MR) is 75.6 cm³/mol. The van der Waals surface area contributed by atoms with Gasteiger partial charge in [0.2, 0.25) is 0 Å². The van der Waals surface area contributed by atoms with Crippen molar-refractivity contribution in [3.63, 3.8) is 0 Å². The van der Waals surface area contributed by atoms with Crippen LogP contribution in [0.2, 0.25) is 5.15 Å². The molecule has 5 heteroatoms. The lowest BCUT2D eigenvalue weighted by Crippen LogP contribution is -2.14. The van der Waals surface area contributed by atoms with Crippen molar-refractivity contribution in [2.75, 3.05) is 11.9 Å². The van der Waals surface area contributed by atoms with Crippen LogP contribution < -0.4 is 4.90 Å². The molecule has 0 amide bonds. The lowest BCUT2D eigenvalue weighted by molar-refractivity contribution is 0.628. The first-order valence-electron chi connectivity index (χ1n) is 6.05. The van der Waals surface area contributed by atoms with E-state index in [-0.39, 0.29) is 5.82 Å². The molecule has 1 heterocycles. The number of hydrogen-bond donors (Lipinski definition) is 0. The number of anilines is 2. The zero-order chi connectivity index (χ0) is 14.0. The summed E-state index contributed by atoms with van der Waals surface area (Å²) in [5.41, 5.74) is 1.66. The molecule has 0 fully saturated rings. The lowest BCUT2D eigenvalue weighted by atomic mass is 10.2. The molecule has 0 aliphatic heterocycles. The molecular weight excluding hydrogens is 265 g/mol. The molecule has 0 saturated carbocycles. The van der Waals surface area contributed by atoms with E-state index in [1.807, 2.05) is 25.8 Å². The first kappa shape index (κ1) is 13.7. The number of aryl methyl sites for hydroxylation is 1. The molecule has 0 atom stereocenters. The van der Waals surface area contributed by atoms with Crippen LogP contribution in [0.15, 0.2) is 24.3 Å². The number of aromatic nitrogens is 2. The Bertz CT molecular complexity index is 584. The second-order valence-corrected chi connectivity index (χ2v) is 4.63. The molecule has 2 rings (SSSR count). The third-order valence-electron chi connectivity index (χ3n) is 2.95. The van der Waals surface area contributed by atoms with E-state index in [0.717, 1.165) is 17.1 Å². The zero-order valence-corrected chi connectivity index (χ0v) is 11.9. The molecular formula is C14H15ClFN3. The van der Waals surface area contributed by atoms with Gasteiger partial charge in [0.25, 0.3) is 0 Å². The van der Waals surface area contributed by atoms with Crippen LogP contribution in [0.4, 0.5) is 15.9 Å². The largest absolute Gasteiger partial charge is 0.329 e. The van der Waals surface area contributed by atoms with E-state index in [2.05, 4.69) is 9.97 Å². The average molecular weight is 280 g/mol. The number of halogens is 2. The van der Waals surface area contributed by atoms with Crippen molar-refractivity contribution in [2.45, 2.75) is 20.3 Å². The Morgan fingerprint density at radius 2 is 1.84 bits per heavy atom. The zero-order valence-electron chi connectivity index (χ0n) is 11.1. The van der Waals surface area contributed by atoms with E-state index in [1.165, 1.54) is 12.1 Å². The van der Waals surface area contributed by atoms with Gasteiger partial charge in [-0.2, -0.15) is 0 Å². The van der Waals surface area contributed by atoms with Gasteiger partial charge in [0, 0.05) is 24.7 Å². The maximum absolute atomic E-state index is 12.9. The number of hydrogen-bond acceptors (Lipinski definition) is 3. The predicted octanol–water partition coefficient (Wildman–Crippen LogP) is 3.91. The molecule has 0 N–H and O–H groups in total. The van der Waals surface area contributed by atoms with Gasteiger partial charge in [-0.15, -0.1) is 0 Å². The van der Waals surface area contributed by atoms with E-state index in [9.17, 15) is 4.39 Å². The molecule has 1 aromatic heterocycles. The Labute approximate surface area is 117 Å². The Kier molecular flexibility index (Phi) is 4.00. The van der Waals surface area contributed by atoms with E-state index in [0.29, 0.717) is 17.4 Å². The SMILES string of the molecule is CCc1nc(Cl)c(C)c(N(C)c2ccc(F)cc2)n1. The van der Waals surface area contributed by atoms with E-state index in [4.69, 9.17) is 11.6 Å². The monoisotopic (exact) mass is 279 g/mol. The third kappa shape index (κ3) is 2.84. The maximum atomic E-state index is 12.9. The molecule has 0 aliphatic rings. The quantitative estimate of drug-likeness (QED) is 0.798. The van der Waals surface area contributed by atoms with Gasteiger partial charge in [0.1, 0.15) is 22.6 Å². The van der Waals surface area contributed by atoms with E-state index < -0.39 is 0 Å². The topological polar surface area (TPSA) is 29.0 Å². The minimum atomic E-state index is -0.260. The standard InChI is InChI=1S/C14H15ClFN3/c1-4-12-17-13(15)9(2)14(18-12)19(3)11-7-5-10(16)6-8-11/h5-8H,4H2,1-3H3. The summed E-state index contributed by atoms with van der Waals surface area (Å²) in [5.74, 6) is 1.17. The highest BCUT2D eigenvalue weighted by atomic mass is 35.5. The van der Waals surface area contributed by atoms with E-state index >= 15 is 0 Å². The van der Waals surface area contributed by atoms with Gasteiger partial charge >= 0.3 is 0 Å². The normalized spacial score (nSPS) is 10.6. The van der Waals surface area contributed by atoms with Crippen LogP contribution in [0, 0.1) is 12.7 Å². The Morgan fingerprint density at radius 3 is 2.42 bits per heavy atom. The highest BCUT2D eigenvalue weighted by Crippen LogP contribution is 2.28. The summed E-state index contributed by atoms with van der Waals surface area (Å²) in [6, 6.07) is 6.25. The van der Waals surface area contributed by atoms with Crippen LogP contribution >= 0.6 is 11.6 Å². The maximum Gasteiger partial charge on any atom is 0.140 e. The van der Waals surface area contributed by atoms with Gasteiger partial charge < -0.3 is 4.90 Å². The molecule has 2 aromatic rings. The van der Waals surface area contributed by atoms with Crippen molar-refractivity contribution >= 4 is 23.1 Å². The average Bonchev–Trinajstić information content (AvgIpc) is 2.41. The highest BCUT2D eigenvalue weighted by Gasteiger charge is 2.13. The number of nitrogens with zero attached hydrogens (tertiary/aromatic N) is 3. The number of benzene rings is 1. The van der Waals surface area contributed by atoms with Gasteiger partial charge in [-0.25, -0.2) is 14.4 Å². The molecule has 3 nitrogen and oxygen atoms in total. The summed E-state index contributed by atoms with van der Waals surface area (Å²) in [4.78, 5) is 10.6. The van der Waals surface area contributed by atoms with Crippen LogP contribution in [0.5, 0.6) is 0 Å². The molecule has 19 heavy (non-hydrogen) atoms. The summed E-state index contributed by atoms with van der Waals surface area (Å²) < 4.78 is 12.9. The molecule has 0 spiro atoms. The van der Waals surface area contributed by atoms with Crippen molar-refractivity contribution in [1.29, 1.82) is 0 Å². The fraction of sp³-hybridized carbons (Fsp3) is 0.286. The van der Waals surface area contributed by atoms with Crippen LogP contribution in [-0.4, -0.2) is 17.0 Å². The first-order chi connectivity index (χ1) is 9.02. The molecule has 100 valence electrons. The van der Waals surface area contributed by atoms with Crippen LogP contribution in [-0.2, 0) is 6.42 Å². The minimum Gasteiger partial charge on any atom is -0.329 e. The Balaban J connectivity index is 2.45. The molecule has 0 radical (unpaired) electrons. The van der Waals surface area contributed by atoms with Crippen molar-refractivity contribution in [3.8, 4) is 0 Å². The summed E-state index contributed by atoms with van der Waals surface area (Å²) in [5, 5.41) is 0.454. The summed E-state index contributed by atoms with van der Waals surface area (Å²) in [6.07, 6.45) is 0.713.